The highest BCUT2D eigenvalue weighted by Crippen LogP contribution is 2.33. The van der Waals surface area contributed by atoms with Gasteiger partial charge in [-0.15, -0.1) is 0 Å². The number of aliphatic imine (C=N–C) groups is 1. The van der Waals surface area contributed by atoms with Crippen molar-refractivity contribution < 1.29 is 13.9 Å². The molecule has 1 aromatic carbocycles. The summed E-state index contributed by atoms with van der Waals surface area (Å²) in [7, 11) is 0. The van der Waals surface area contributed by atoms with Gasteiger partial charge in [0.1, 0.15) is 17.4 Å². The van der Waals surface area contributed by atoms with Gasteiger partial charge in [-0.1, -0.05) is 26.8 Å². The van der Waals surface area contributed by atoms with E-state index in [0.29, 0.717) is 18.5 Å². The van der Waals surface area contributed by atoms with Gasteiger partial charge >= 0.3 is 0 Å². The molecule has 0 saturated heterocycles. The van der Waals surface area contributed by atoms with Crippen LogP contribution in [0.25, 0.3) is 5.57 Å². The van der Waals surface area contributed by atoms with Crippen molar-refractivity contribution in [3.8, 4) is 5.75 Å². The van der Waals surface area contributed by atoms with Gasteiger partial charge in [0.25, 0.3) is 0 Å². The Labute approximate surface area is 111 Å². The second-order valence-corrected chi connectivity index (χ2v) is 5.73. The predicted octanol–water partition coefficient (Wildman–Crippen LogP) is 3.94. The summed E-state index contributed by atoms with van der Waals surface area (Å²) in [6.45, 7) is 6.51. The van der Waals surface area contributed by atoms with E-state index in [-0.39, 0.29) is 11.0 Å². The Morgan fingerprint density at radius 1 is 1.16 bits per heavy atom. The Kier molecular flexibility index (Phi) is 3.43. The molecule has 0 spiro atoms. The number of phenols is 1. The summed E-state index contributed by atoms with van der Waals surface area (Å²) in [5, 5.41) is 9.17. The molecule has 102 valence electrons. The van der Waals surface area contributed by atoms with Crippen molar-refractivity contribution in [3.63, 3.8) is 0 Å². The molecule has 0 radical (unpaired) electrons. The highest BCUT2D eigenvalue weighted by atomic mass is 19.1. The number of rotatable bonds is 1. The second kappa shape index (κ2) is 4.76. The number of halogens is 2. The Morgan fingerprint density at radius 3 is 2.26 bits per heavy atom. The molecule has 1 heterocycles. The van der Waals surface area contributed by atoms with Crippen molar-refractivity contribution in [3.05, 3.63) is 35.4 Å². The number of nitrogens with zero attached hydrogens (tertiary/aromatic N) is 1. The highest BCUT2D eigenvalue weighted by Gasteiger charge is 2.25. The summed E-state index contributed by atoms with van der Waals surface area (Å²) in [6.07, 6.45) is 2.16. The number of hydrogen-bond acceptors (Lipinski definition) is 2. The molecule has 0 amide bonds. The minimum atomic E-state index is -0.737. The van der Waals surface area contributed by atoms with E-state index in [2.05, 4.69) is 4.99 Å². The zero-order valence-electron chi connectivity index (χ0n) is 11.3. The number of allylic oxidation sites excluding steroid dienone is 1. The van der Waals surface area contributed by atoms with E-state index in [1.165, 1.54) is 0 Å². The molecule has 0 bridgehead atoms. The third-order valence-electron chi connectivity index (χ3n) is 3.19. The van der Waals surface area contributed by atoms with Crippen LogP contribution in [-0.2, 0) is 0 Å². The number of benzene rings is 1. The van der Waals surface area contributed by atoms with Crippen LogP contribution in [0.15, 0.2) is 23.2 Å². The standard InChI is InChI=1S/C15H17F2NO/c1-15(2,3)13-6-9(4-5-18-13)14-11(16)7-10(19)8-12(14)17/h4,7-8,19H,5-6H2,1-3H3. The molecule has 0 aliphatic carbocycles. The molecule has 1 aliphatic heterocycles. The predicted molar refractivity (Wildman–Crippen MR) is 72.4 cm³/mol. The van der Waals surface area contributed by atoms with Crippen LogP contribution in [0, 0.1) is 17.0 Å². The van der Waals surface area contributed by atoms with Crippen molar-refractivity contribution in [1.29, 1.82) is 0 Å². The molecule has 19 heavy (non-hydrogen) atoms. The maximum atomic E-state index is 13.8. The van der Waals surface area contributed by atoms with Crippen LogP contribution < -0.4 is 0 Å². The van der Waals surface area contributed by atoms with E-state index in [0.717, 1.165) is 17.8 Å². The first-order chi connectivity index (χ1) is 8.79. The van der Waals surface area contributed by atoms with Crippen LogP contribution in [0.5, 0.6) is 5.75 Å². The molecule has 0 atom stereocenters. The summed E-state index contributed by atoms with van der Waals surface area (Å²) >= 11 is 0. The van der Waals surface area contributed by atoms with Crippen LogP contribution in [-0.4, -0.2) is 17.4 Å². The van der Waals surface area contributed by atoms with E-state index >= 15 is 0 Å². The van der Waals surface area contributed by atoms with Gasteiger partial charge in [0, 0.05) is 35.2 Å². The smallest absolute Gasteiger partial charge is 0.137 e. The molecule has 4 heteroatoms. The lowest BCUT2D eigenvalue weighted by molar-refractivity contribution is 0.459. The summed E-state index contributed by atoms with van der Waals surface area (Å²) in [4.78, 5) is 4.40. The van der Waals surface area contributed by atoms with Gasteiger partial charge < -0.3 is 5.11 Å². The molecule has 1 aliphatic rings. The topological polar surface area (TPSA) is 32.6 Å². The lowest BCUT2D eigenvalue weighted by Gasteiger charge is -2.25. The Morgan fingerprint density at radius 2 is 1.74 bits per heavy atom. The van der Waals surface area contributed by atoms with Gasteiger partial charge in [0.05, 0.1) is 6.54 Å². The van der Waals surface area contributed by atoms with Crippen molar-refractivity contribution in [2.75, 3.05) is 6.54 Å². The normalized spacial score (nSPS) is 16.1. The monoisotopic (exact) mass is 265 g/mol. The van der Waals surface area contributed by atoms with E-state index in [1.807, 2.05) is 20.8 Å². The fourth-order valence-corrected chi connectivity index (χ4v) is 2.13. The fourth-order valence-electron chi connectivity index (χ4n) is 2.13. The van der Waals surface area contributed by atoms with Crippen molar-refractivity contribution in [2.45, 2.75) is 27.2 Å². The van der Waals surface area contributed by atoms with E-state index in [1.54, 1.807) is 6.08 Å². The minimum Gasteiger partial charge on any atom is -0.508 e. The Bertz CT molecular complexity index is 545. The lowest BCUT2D eigenvalue weighted by Crippen LogP contribution is -2.23. The molecular formula is C15H17F2NO. The number of dihydropyridines is 1. The van der Waals surface area contributed by atoms with Crippen LogP contribution in [0.1, 0.15) is 32.8 Å². The first kappa shape index (κ1) is 13.7. The molecular weight excluding hydrogens is 248 g/mol. The summed E-state index contributed by atoms with van der Waals surface area (Å²) in [5.74, 6) is -1.88. The van der Waals surface area contributed by atoms with Gasteiger partial charge in [-0.05, 0) is 5.57 Å². The third kappa shape index (κ3) is 2.83. The number of hydrogen-bond donors (Lipinski definition) is 1. The largest absolute Gasteiger partial charge is 0.508 e. The molecule has 0 unspecified atom stereocenters. The number of phenolic OH excluding ortho intramolecular Hbond substituents is 1. The first-order valence-electron chi connectivity index (χ1n) is 6.20. The van der Waals surface area contributed by atoms with E-state index in [4.69, 9.17) is 0 Å². The Hall–Kier alpha value is -1.71. The minimum absolute atomic E-state index is 0.0607. The summed E-state index contributed by atoms with van der Waals surface area (Å²) < 4.78 is 27.7. The van der Waals surface area contributed by atoms with Crippen LogP contribution in [0.2, 0.25) is 0 Å². The molecule has 2 rings (SSSR count). The van der Waals surface area contributed by atoms with E-state index in [9.17, 15) is 13.9 Å². The molecule has 0 saturated carbocycles. The van der Waals surface area contributed by atoms with Gasteiger partial charge in [-0.25, -0.2) is 8.78 Å². The van der Waals surface area contributed by atoms with Crippen LogP contribution in [0.4, 0.5) is 8.78 Å². The average Bonchev–Trinajstić information content (AvgIpc) is 2.26. The van der Waals surface area contributed by atoms with Gasteiger partial charge in [-0.2, -0.15) is 0 Å². The first-order valence-corrected chi connectivity index (χ1v) is 6.20. The SMILES string of the molecule is CC(C)(C)C1=NCC=C(c2c(F)cc(O)cc2F)C1. The third-order valence-corrected chi connectivity index (χ3v) is 3.19. The van der Waals surface area contributed by atoms with Crippen molar-refractivity contribution in [1.82, 2.24) is 0 Å². The van der Waals surface area contributed by atoms with Gasteiger partial charge in [0.15, 0.2) is 0 Å². The van der Waals surface area contributed by atoms with Crippen molar-refractivity contribution >= 4 is 11.3 Å². The van der Waals surface area contributed by atoms with Crippen LogP contribution in [0.3, 0.4) is 0 Å². The summed E-state index contributed by atoms with van der Waals surface area (Å²) in [5.41, 5.74) is 1.34. The average molecular weight is 265 g/mol. The van der Waals surface area contributed by atoms with Crippen LogP contribution >= 0.6 is 0 Å². The Balaban J connectivity index is 2.37. The van der Waals surface area contributed by atoms with Gasteiger partial charge in [-0.3, -0.25) is 4.99 Å². The quantitative estimate of drug-likeness (QED) is 0.819. The number of aromatic hydroxyl groups is 1. The molecule has 0 aromatic heterocycles. The summed E-state index contributed by atoms with van der Waals surface area (Å²) in [6, 6.07) is 1.86. The molecule has 1 aromatic rings. The fraction of sp³-hybridized carbons (Fsp3) is 0.400. The zero-order chi connectivity index (χ0) is 14.2. The molecule has 0 fully saturated rings. The van der Waals surface area contributed by atoms with Gasteiger partial charge in [0.2, 0.25) is 0 Å². The lowest BCUT2D eigenvalue weighted by atomic mass is 9.83. The second-order valence-electron chi connectivity index (χ2n) is 5.73. The maximum absolute atomic E-state index is 13.8. The molecule has 2 nitrogen and oxygen atoms in total. The highest BCUT2D eigenvalue weighted by molar-refractivity contribution is 5.99. The van der Waals surface area contributed by atoms with Crippen molar-refractivity contribution in [2.24, 2.45) is 10.4 Å². The van der Waals surface area contributed by atoms with E-state index < -0.39 is 17.4 Å². The molecule has 1 N–H and O–H groups in total. The zero-order valence-corrected chi connectivity index (χ0v) is 11.3. The maximum Gasteiger partial charge on any atom is 0.137 e.